The lowest BCUT2D eigenvalue weighted by molar-refractivity contribution is 0.324. The lowest BCUT2D eigenvalue weighted by Gasteiger charge is -2.22. The quantitative estimate of drug-likeness (QED) is 0.235. The van der Waals surface area contributed by atoms with Crippen molar-refractivity contribution in [3.05, 3.63) is 64.1 Å². The summed E-state index contributed by atoms with van der Waals surface area (Å²) in [6.45, 7) is 10.1. The molecular formula is C23H32BrNS2. The lowest BCUT2D eigenvalue weighted by Crippen LogP contribution is -2.25. The molecule has 0 fully saturated rings. The maximum absolute atomic E-state index is 3.64. The number of rotatable bonds is 12. The van der Waals surface area contributed by atoms with Crippen LogP contribution in [0.25, 0.3) is 0 Å². The van der Waals surface area contributed by atoms with Gasteiger partial charge in [0.2, 0.25) is 0 Å². The third-order valence-electron chi connectivity index (χ3n) is 4.69. The van der Waals surface area contributed by atoms with E-state index >= 15 is 0 Å². The number of hydrogen-bond acceptors (Lipinski definition) is 3. The highest BCUT2D eigenvalue weighted by atomic mass is 79.9. The molecule has 0 amide bonds. The summed E-state index contributed by atoms with van der Waals surface area (Å²) >= 11 is 7.67. The summed E-state index contributed by atoms with van der Waals surface area (Å²) in [4.78, 5) is 3.88. The zero-order valence-electron chi connectivity index (χ0n) is 16.8. The molecule has 0 unspecified atom stereocenters. The van der Waals surface area contributed by atoms with Crippen molar-refractivity contribution in [3.8, 4) is 0 Å². The van der Waals surface area contributed by atoms with E-state index < -0.39 is 0 Å². The van der Waals surface area contributed by atoms with E-state index in [4.69, 9.17) is 0 Å². The summed E-state index contributed by atoms with van der Waals surface area (Å²) < 4.78 is 1.15. The van der Waals surface area contributed by atoms with Crippen LogP contribution in [0.5, 0.6) is 0 Å². The largest absolute Gasteiger partial charge is 0.303 e. The predicted molar refractivity (Wildman–Crippen MR) is 128 cm³/mol. The highest BCUT2D eigenvalue weighted by Gasteiger charge is 2.16. The number of unbranched alkanes of at least 4 members (excludes halogenated alkanes) is 1. The van der Waals surface area contributed by atoms with Gasteiger partial charge >= 0.3 is 0 Å². The van der Waals surface area contributed by atoms with Gasteiger partial charge in [0, 0.05) is 21.7 Å². The molecule has 0 bridgehead atoms. The Balaban J connectivity index is 2.11. The van der Waals surface area contributed by atoms with E-state index in [2.05, 4.69) is 102 Å². The van der Waals surface area contributed by atoms with Crippen molar-refractivity contribution in [2.75, 3.05) is 31.1 Å². The smallest absolute Gasteiger partial charge is 0.0547 e. The van der Waals surface area contributed by atoms with Gasteiger partial charge < -0.3 is 4.90 Å². The fourth-order valence-corrected chi connectivity index (χ4v) is 5.67. The Labute approximate surface area is 182 Å². The van der Waals surface area contributed by atoms with Crippen LogP contribution in [0.15, 0.2) is 57.9 Å². The number of halogens is 1. The number of hydrogen-bond donors (Lipinski definition) is 0. The van der Waals surface area contributed by atoms with E-state index in [0.717, 1.165) is 29.9 Å². The Hall–Kier alpha value is -0.420. The van der Waals surface area contributed by atoms with Crippen LogP contribution >= 0.6 is 39.5 Å². The molecule has 2 rings (SSSR count). The molecule has 1 nitrogen and oxygen atoms in total. The summed E-state index contributed by atoms with van der Waals surface area (Å²) in [6, 6.07) is 18.0. The Morgan fingerprint density at radius 3 is 2.30 bits per heavy atom. The summed E-state index contributed by atoms with van der Waals surface area (Å²) in [5, 5.41) is 0.382. The third-order valence-corrected chi connectivity index (χ3v) is 7.57. The van der Waals surface area contributed by atoms with E-state index in [0.29, 0.717) is 5.25 Å². The molecule has 0 heterocycles. The highest BCUT2D eigenvalue weighted by molar-refractivity contribution is 9.10. The molecule has 0 aliphatic carbocycles. The summed E-state index contributed by atoms with van der Waals surface area (Å²) in [5.74, 6) is 2.36. The minimum Gasteiger partial charge on any atom is -0.303 e. The van der Waals surface area contributed by atoms with Crippen molar-refractivity contribution in [2.45, 2.75) is 43.8 Å². The van der Waals surface area contributed by atoms with E-state index in [1.165, 1.54) is 34.6 Å². The van der Waals surface area contributed by atoms with Crippen molar-refractivity contribution in [3.63, 3.8) is 0 Å². The van der Waals surface area contributed by atoms with Crippen LogP contribution in [0.4, 0.5) is 0 Å². The van der Waals surface area contributed by atoms with Gasteiger partial charge in [0.25, 0.3) is 0 Å². The summed E-state index contributed by atoms with van der Waals surface area (Å²) in [7, 11) is 0. The zero-order valence-corrected chi connectivity index (χ0v) is 20.0. The van der Waals surface area contributed by atoms with Crippen LogP contribution in [0.1, 0.15) is 50.0 Å². The van der Waals surface area contributed by atoms with E-state index in [1.807, 2.05) is 11.8 Å². The van der Waals surface area contributed by atoms with Crippen LogP contribution in [-0.4, -0.2) is 36.0 Å². The van der Waals surface area contributed by atoms with Gasteiger partial charge in [0.1, 0.15) is 0 Å². The van der Waals surface area contributed by atoms with Gasteiger partial charge in [-0.15, -0.1) is 23.5 Å². The molecular weight excluding hydrogens is 434 g/mol. The SMILES string of the molecule is CCCCSc1ccc([C@@H](SCCN(CC)CC)c2cccc(Br)c2)cc1. The molecule has 0 saturated carbocycles. The second-order valence-electron chi connectivity index (χ2n) is 6.60. The van der Waals surface area contributed by atoms with Gasteiger partial charge in [-0.3, -0.25) is 0 Å². The molecule has 0 radical (unpaired) electrons. The minimum absolute atomic E-state index is 0.382. The van der Waals surface area contributed by atoms with Gasteiger partial charge in [-0.25, -0.2) is 0 Å². The maximum atomic E-state index is 3.64. The Morgan fingerprint density at radius 1 is 0.926 bits per heavy atom. The first-order valence-electron chi connectivity index (χ1n) is 10.00. The van der Waals surface area contributed by atoms with E-state index in [1.54, 1.807) is 0 Å². The topological polar surface area (TPSA) is 3.24 Å². The Kier molecular flexibility index (Phi) is 10.9. The van der Waals surface area contributed by atoms with Crippen LogP contribution in [0.2, 0.25) is 0 Å². The second kappa shape index (κ2) is 12.9. The van der Waals surface area contributed by atoms with Crippen LogP contribution in [0.3, 0.4) is 0 Å². The highest BCUT2D eigenvalue weighted by Crippen LogP contribution is 2.37. The molecule has 2 aromatic rings. The van der Waals surface area contributed by atoms with Gasteiger partial charge in [0.05, 0.1) is 5.25 Å². The predicted octanol–water partition coefficient (Wildman–Crippen LogP) is 7.51. The number of benzene rings is 2. The van der Waals surface area contributed by atoms with Crippen LogP contribution in [0, 0.1) is 0 Å². The molecule has 27 heavy (non-hydrogen) atoms. The Bertz CT molecular complexity index is 656. The van der Waals surface area contributed by atoms with Crippen LogP contribution in [-0.2, 0) is 0 Å². The Morgan fingerprint density at radius 2 is 1.67 bits per heavy atom. The van der Waals surface area contributed by atoms with E-state index in [-0.39, 0.29) is 0 Å². The van der Waals surface area contributed by atoms with Gasteiger partial charge in [-0.2, -0.15) is 0 Å². The zero-order chi connectivity index (χ0) is 19.5. The minimum atomic E-state index is 0.382. The molecule has 1 atom stereocenters. The van der Waals surface area contributed by atoms with Gasteiger partial charge in [0.15, 0.2) is 0 Å². The third kappa shape index (κ3) is 7.84. The molecule has 0 aromatic heterocycles. The van der Waals surface area contributed by atoms with Crippen molar-refractivity contribution in [1.82, 2.24) is 4.90 Å². The molecule has 0 aliphatic heterocycles. The first-order chi connectivity index (χ1) is 13.2. The number of thioether (sulfide) groups is 2. The van der Waals surface area contributed by atoms with Crippen molar-refractivity contribution < 1.29 is 0 Å². The monoisotopic (exact) mass is 465 g/mol. The molecule has 148 valence electrons. The standard InChI is InChI=1S/C23H32BrNS2/c1-4-7-16-26-22-13-11-19(12-14-22)23(20-9-8-10-21(24)18-20)27-17-15-25(5-2)6-3/h8-14,18,23H,4-7,15-17H2,1-3H3/t23-/m1/s1. The first-order valence-corrected chi connectivity index (χ1v) is 12.8. The van der Waals surface area contributed by atoms with Crippen molar-refractivity contribution >= 4 is 39.5 Å². The summed E-state index contributed by atoms with van der Waals surface area (Å²) in [6.07, 6.45) is 2.55. The average Bonchev–Trinajstić information content (AvgIpc) is 2.69. The summed E-state index contributed by atoms with van der Waals surface area (Å²) in [5.41, 5.74) is 2.78. The molecule has 2 aromatic carbocycles. The molecule has 0 aliphatic rings. The first kappa shape index (κ1) is 22.9. The van der Waals surface area contributed by atoms with Gasteiger partial charge in [-0.05, 0) is 60.7 Å². The second-order valence-corrected chi connectivity index (χ2v) is 9.90. The molecule has 4 heteroatoms. The van der Waals surface area contributed by atoms with E-state index in [9.17, 15) is 0 Å². The fourth-order valence-electron chi connectivity index (χ4n) is 2.97. The number of nitrogens with zero attached hydrogens (tertiary/aromatic N) is 1. The fraction of sp³-hybridized carbons (Fsp3) is 0.478. The molecule has 0 saturated heterocycles. The normalized spacial score (nSPS) is 12.5. The molecule has 0 spiro atoms. The maximum Gasteiger partial charge on any atom is 0.0547 e. The van der Waals surface area contributed by atoms with Crippen molar-refractivity contribution in [1.29, 1.82) is 0 Å². The van der Waals surface area contributed by atoms with Gasteiger partial charge in [-0.1, -0.05) is 67.4 Å². The van der Waals surface area contributed by atoms with Crippen molar-refractivity contribution in [2.24, 2.45) is 0 Å². The molecule has 0 N–H and O–H groups in total. The van der Waals surface area contributed by atoms with Crippen LogP contribution < -0.4 is 0 Å². The average molecular weight is 467 g/mol. The lowest BCUT2D eigenvalue weighted by atomic mass is 10.0.